The Labute approximate surface area is 168 Å². The van der Waals surface area contributed by atoms with E-state index < -0.39 is 17.4 Å². The fourth-order valence-electron chi connectivity index (χ4n) is 3.91. The van der Waals surface area contributed by atoms with Gasteiger partial charge in [0.15, 0.2) is 5.60 Å². The molecule has 7 heteroatoms. The predicted molar refractivity (Wildman–Crippen MR) is 104 cm³/mol. The first kappa shape index (κ1) is 19.2. The van der Waals surface area contributed by atoms with E-state index in [0.717, 1.165) is 12.0 Å². The molecule has 0 N–H and O–H groups in total. The zero-order chi connectivity index (χ0) is 20.4. The van der Waals surface area contributed by atoms with Crippen LogP contribution in [0.4, 0.5) is 4.79 Å². The van der Waals surface area contributed by atoms with Crippen LogP contribution in [0.2, 0.25) is 0 Å². The zero-order valence-electron chi connectivity index (χ0n) is 16.3. The summed E-state index contributed by atoms with van der Waals surface area (Å²) in [6.07, 6.45) is 1.67. The highest BCUT2D eigenvalue weighted by Gasteiger charge is 2.45. The molecule has 1 spiro atoms. The first-order chi connectivity index (χ1) is 14.0. The number of carbonyl (C=O) groups excluding carboxylic acids is 2. The van der Waals surface area contributed by atoms with E-state index in [1.54, 1.807) is 17.9 Å². The van der Waals surface area contributed by atoms with Crippen molar-refractivity contribution in [2.24, 2.45) is 0 Å². The van der Waals surface area contributed by atoms with Gasteiger partial charge in [-0.15, -0.1) is 0 Å². The highest BCUT2D eigenvalue weighted by atomic mass is 16.8. The topological polar surface area (TPSA) is 86.0 Å². The number of hydrogen-bond donors (Lipinski definition) is 0. The molecule has 1 amide bonds. The third-order valence-electron chi connectivity index (χ3n) is 5.63. The van der Waals surface area contributed by atoms with Crippen molar-refractivity contribution in [3.8, 4) is 0 Å². The van der Waals surface area contributed by atoms with E-state index in [9.17, 15) is 14.4 Å². The van der Waals surface area contributed by atoms with Gasteiger partial charge in [0.25, 0.3) is 5.91 Å². The number of ether oxygens (including phenoxy) is 2. The van der Waals surface area contributed by atoms with Crippen LogP contribution in [0.1, 0.15) is 40.1 Å². The predicted octanol–water partition coefficient (Wildman–Crippen LogP) is 2.88. The molecule has 1 aromatic carbocycles. The van der Waals surface area contributed by atoms with Gasteiger partial charge in [-0.05, 0) is 30.5 Å². The van der Waals surface area contributed by atoms with E-state index >= 15 is 0 Å². The van der Waals surface area contributed by atoms with Crippen molar-refractivity contribution in [3.63, 3.8) is 0 Å². The number of benzene rings is 1. The highest BCUT2D eigenvalue weighted by Crippen LogP contribution is 2.32. The van der Waals surface area contributed by atoms with Crippen LogP contribution in [0.3, 0.4) is 0 Å². The Morgan fingerprint density at radius 1 is 1.10 bits per heavy atom. The summed E-state index contributed by atoms with van der Waals surface area (Å²) >= 11 is 0. The second kappa shape index (κ2) is 7.73. The molecule has 0 unspecified atom stereocenters. The van der Waals surface area contributed by atoms with Crippen molar-refractivity contribution in [1.82, 2.24) is 4.90 Å². The minimum atomic E-state index is -0.660. The summed E-state index contributed by atoms with van der Waals surface area (Å²) in [5.41, 5.74) is 0.601. The molecular formula is C22H23NO6. The van der Waals surface area contributed by atoms with E-state index in [0.29, 0.717) is 43.7 Å². The lowest BCUT2D eigenvalue weighted by atomic mass is 9.92. The molecule has 0 aliphatic carbocycles. The fourth-order valence-corrected chi connectivity index (χ4v) is 3.91. The molecule has 29 heavy (non-hydrogen) atoms. The van der Waals surface area contributed by atoms with E-state index in [1.807, 2.05) is 30.3 Å². The minimum absolute atomic E-state index is 0.0732. The maximum absolute atomic E-state index is 12.9. The van der Waals surface area contributed by atoms with E-state index in [2.05, 4.69) is 0 Å². The molecule has 2 aliphatic rings. The van der Waals surface area contributed by atoms with E-state index in [-0.39, 0.29) is 18.1 Å². The quantitative estimate of drug-likeness (QED) is 0.738. The van der Waals surface area contributed by atoms with Gasteiger partial charge in [0.05, 0.1) is 0 Å². The van der Waals surface area contributed by atoms with Crippen molar-refractivity contribution >= 4 is 12.1 Å². The number of hydrogen-bond acceptors (Lipinski definition) is 6. The average Bonchev–Trinajstić information content (AvgIpc) is 3.07. The van der Waals surface area contributed by atoms with Crippen LogP contribution in [0.25, 0.3) is 0 Å². The van der Waals surface area contributed by atoms with Crippen molar-refractivity contribution in [1.29, 1.82) is 0 Å². The molecular weight excluding hydrogens is 374 g/mol. The molecule has 4 rings (SSSR count). The Kier molecular flexibility index (Phi) is 5.13. The second-order valence-electron chi connectivity index (χ2n) is 7.66. The van der Waals surface area contributed by atoms with Crippen LogP contribution in [0.15, 0.2) is 45.6 Å². The minimum Gasteiger partial charge on any atom is -0.430 e. The average molecular weight is 397 g/mol. The summed E-state index contributed by atoms with van der Waals surface area (Å²) in [5.74, 6) is 0.228. The molecule has 0 bridgehead atoms. The zero-order valence-corrected chi connectivity index (χ0v) is 16.3. The van der Waals surface area contributed by atoms with E-state index in [1.165, 1.54) is 0 Å². The van der Waals surface area contributed by atoms with Crippen molar-refractivity contribution in [3.05, 3.63) is 69.3 Å². The summed E-state index contributed by atoms with van der Waals surface area (Å²) < 4.78 is 15.6. The van der Waals surface area contributed by atoms with Gasteiger partial charge < -0.3 is 18.8 Å². The number of carbonyl (C=O) groups is 2. The van der Waals surface area contributed by atoms with Gasteiger partial charge >= 0.3 is 11.8 Å². The third kappa shape index (κ3) is 4.04. The summed E-state index contributed by atoms with van der Waals surface area (Å²) in [6, 6.07) is 11.7. The maximum atomic E-state index is 12.9. The number of nitrogens with zero attached hydrogens (tertiary/aromatic N) is 1. The first-order valence-corrected chi connectivity index (χ1v) is 9.78. The second-order valence-corrected chi connectivity index (χ2v) is 7.66. The molecule has 0 radical (unpaired) electrons. The molecule has 2 aliphatic heterocycles. The Hall–Kier alpha value is -3.09. The number of piperidine rings is 1. The third-order valence-corrected chi connectivity index (χ3v) is 5.63. The Morgan fingerprint density at radius 2 is 1.83 bits per heavy atom. The lowest BCUT2D eigenvalue weighted by molar-refractivity contribution is 0.00268. The number of likely N-dealkylation sites (tertiary alicyclic amines) is 1. The monoisotopic (exact) mass is 397 g/mol. The van der Waals surface area contributed by atoms with Gasteiger partial charge in [-0.1, -0.05) is 30.3 Å². The smallest absolute Gasteiger partial charge is 0.430 e. The van der Waals surface area contributed by atoms with Crippen LogP contribution in [0.5, 0.6) is 0 Å². The summed E-state index contributed by atoms with van der Waals surface area (Å²) in [4.78, 5) is 38.3. The van der Waals surface area contributed by atoms with E-state index in [4.69, 9.17) is 13.9 Å². The standard InChI is InChI=1S/C22H23NO6/c1-15-13-17(8-7-16-5-3-2-4-6-16)28-20(25)18(15)19(24)23-11-9-22(10-12-23)14-27-21(26)29-22/h2-6,13H,7-12,14H2,1H3. The SMILES string of the molecule is Cc1cc(CCc2ccccc2)oc(=O)c1C(=O)N1CCC2(CC1)COC(=O)O2. The lowest BCUT2D eigenvalue weighted by Gasteiger charge is -2.36. The van der Waals surface area contributed by atoms with Crippen LogP contribution >= 0.6 is 0 Å². The summed E-state index contributed by atoms with van der Waals surface area (Å²) in [6.45, 7) is 2.76. The van der Waals surface area contributed by atoms with Crippen LogP contribution in [-0.4, -0.2) is 42.3 Å². The fraction of sp³-hybridized carbons (Fsp3) is 0.409. The number of rotatable bonds is 4. The molecule has 3 heterocycles. The van der Waals surface area contributed by atoms with Gasteiger partial charge in [-0.2, -0.15) is 0 Å². The summed E-state index contributed by atoms with van der Waals surface area (Å²) in [5, 5.41) is 0. The van der Waals surface area contributed by atoms with Gasteiger partial charge in [-0.25, -0.2) is 9.59 Å². The van der Waals surface area contributed by atoms with Gasteiger partial charge in [0.1, 0.15) is 17.9 Å². The lowest BCUT2D eigenvalue weighted by Crippen LogP contribution is -2.48. The Morgan fingerprint density at radius 3 is 2.45 bits per heavy atom. The van der Waals surface area contributed by atoms with Crippen LogP contribution in [-0.2, 0) is 22.3 Å². The van der Waals surface area contributed by atoms with Gasteiger partial charge in [0, 0.05) is 32.4 Å². The van der Waals surface area contributed by atoms with Crippen LogP contribution < -0.4 is 5.63 Å². The maximum Gasteiger partial charge on any atom is 0.509 e. The number of amides is 1. The largest absolute Gasteiger partial charge is 0.509 e. The molecule has 2 aromatic rings. The number of aryl methyl sites for hydroxylation is 3. The summed E-state index contributed by atoms with van der Waals surface area (Å²) in [7, 11) is 0. The molecule has 0 saturated carbocycles. The van der Waals surface area contributed by atoms with Gasteiger partial charge in [0.2, 0.25) is 0 Å². The molecule has 2 fully saturated rings. The van der Waals surface area contributed by atoms with Gasteiger partial charge in [-0.3, -0.25) is 4.79 Å². The number of cyclic esters (lactones) is 1. The molecule has 152 valence electrons. The molecule has 7 nitrogen and oxygen atoms in total. The normalized spacial score (nSPS) is 17.8. The molecule has 1 aromatic heterocycles. The van der Waals surface area contributed by atoms with Crippen molar-refractivity contribution in [2.75, 3.05) is 19.7 Å². The molecule has 0 atom stereocenters. The highest BCUT2D eigenvalue weighted by molar-refractivity contribution is 5.95. The Balaban J connectivity index is 1.44. The van der Waals surface area contributed by atoms with Crippen molar-refractivity contribution < 1.29 is 23.5 Å². The Bertz CT molecular complexity index is 973. The van der Waals surface area contributed by atoms with Crippen molar-refractivity contribution in [2.45, 2.75) is 38.2 Å². The molecule has 2 saturated heterocycles. The van der Waals surface area contributed by atoms with Crippen LogP contribution in [0, 0.1) is 6.92 Å². The first-order valence-electron chi connectivity index (χ1n) is 9.78.